The van der Waals surface area contributed by atoms with Crippen molar-refractivity contribution in [3.63, 3.8) is 0 Å². The van der Waals surface area contributed by atoms with E-state index in [4.69, 9.17) is 9.47 Å². The predicted octanol–water partition coefficient (Wildman–Crippen LogP) is -0.133. The summed E-state index contributed by atoms with van der Waals surface area (Å²) in [4.78, 5) is 12.6. The number of rotatable bonds is 19. The lowest BCUT2D eigenvalue weighted by molar-refractivity contribution is -0.303. The van der Waals surface area contributed by atoms with Crippen molar-refractivity contribution in [2.24, 2.45) is 0 Å². The lowest BCUT2D eigenvalue weighted by atomic mass is 9.99. The summed E-state index contributed by atoms with van der Waals surface area (Å²) in [5.74, 6) is -0.750. The summed E-state index contributed by atoms with van der Waals surface area (Å²) in [6.07, 6.45) is 0.414. The van der Waals surface area contributed by atoms with Gasteiger partial charge in [0.2, 0.25) is 5.91 Å². The van der Waals surface area contributed by atoms with Gasteiger partial charge in [-0.15, -0.1) is 0 Å². The van der Waals surface area contributed by atoms with Crippen LogP contribution in [0.25, 0.3) is 0 Å². The minimum Gasteiger partial charge on any atom is -0.394 e. The zero-order valence-corrected chi connectivity index (χ0v) is 22.2. The van der Waals surface area contributed by atoms with E-state index in [0.717, 1.165) is 19.3 Å². The summed E-state index contributed by atoms with van der Waals surface area (Å²) in [6.45, 7) is 3.00. The van der Waals surface area contributed by atoms with Gasteiger partial charge in [0, 0.05) is 0 Å². The molecule has 0 aromatic heterocycles. The topological polar surface area (TPSA) is 189 Å². The van der Waals surface area contributed by atoms with E-state index in [1.54, 1.807) is 0 Å². The highest BCUT2D eigenvalue weighted by molar-refractivity contribution is 5.80. The van der Waals surface area contributed by atoms with Crippen LogP contribution in [-0.4, -0.2) is 110 Å². The van der Waals surface area contributed by atoms with Crippen molar-refractivity contribution in [1.82, 2.24) is 5.32 Å². The highest BCUT2D eigenvalue weighted by Crippen LogP contribution is 2.22. The van der Waals surface area contributed by atoms with Gasteiger partial charge in [0.25, 0.3) is 0 Å². The molecule has 0 aromatic carbocycles. The number of nitrogens with one attached hydrogen (secondary N) is 1. The third-order valence-electron chi connectivity index (χ3n) is 6.58. The average Bonchev–Trinajstić information content (AvgIpc) is 2.89. The molecule has 9 atom stereocenters. The number of carbonyl (C=O) groups excluding carboxylic acids is 1. The van der Waals surface area contributed by atoms with Crippen molar-refractivity contribution in [3.05, 3.63) is 12.2 Å². The molecule has 1 amide bonds. The second kappa shape index (κ2) is 19.0. The monoisotopic (exact) mass is 535 g/mol. The first-order valence-electron chi connectivity index (χ1n) is 13.6. The number of hydrogen-bond donors (Lipinski definition) is 8. The van der Waals surface area contributed by atoms with E-state index in [2.05, 4.69) is 12.2 Å². The molecule has 1 fully saturated rings. The molecule has 1 aliphatic heterocycles. The van der Waals surface area contributed by atoms with Crippen molar-refractivity contribution < 1.29 is 50.0 Å². The molecule has 0 aliphatic carbocycles. The SMILES string of the molecule is CCCCCC/C=C\CCC(O)C(=O)NC(COC1OC(CO)C(O)C(O)C1O)C(O)C(O)CCCC. The number of amides is 1. The van der Waals surface area contributed by atoms with Gasteiger partial charge in [-0.05, 0) is 32.1 Å². The van der Waals surface area contributed by atoms with Crippen molar-refractivity contribution in [2.75, 3.05) is 13.2 Å². The first-order chi connectivity index (χ1) is 17.7. The normalized spacial score (nSPS) is 27.6. The van der Waals surface area contributed by atoms with Crippen molar-refractivity contribution >= 4 is 5.91 Å². The molecule has 1 rings (SSSR count). The molecule has 11 heteroatoms. The van der Waals surface area contributed by atoms with E-state index in [9.17, 15) is 40.5 Å². The first-order valence-corrected chi connectivity index (χ1v) is 13.6. The Bertz CT molecular complexity index is 634. The molecule has 11 nitrogen and oxygen atoms in total. The van der Waals surface area contributed by atoms with Crippen LogP contribution in [0.15, 0.2) is 12.2 Å². The number of aliphatic hydroxyl groups is 7. The van der Waals surface area contributed by atoms with Crippen molar-refractivity contribution in [1.29, 1.82) is 0 Å². The smallest absolute Gasteiger partial charge is 0.249 e. The van der Waals surface area contributed by atoms with Gasteiger partial charge in [-0.3, -0.25) is 4.79 Å². The predicted molar refractivity (Wildman–Crippen MR) is 136 cm³/mol. The van der Waals surface area contributed by atoms with Gasteiger partial charge < -0.3 is 50.5 Å². The largest absolute Gasteiger partial charge is 0.394 e. The minimum absolute atomic E-state index is 0.173. The van der Waals surface area contributed by atoms with Gasteiger partial charge in [0.1, 0.15) is 36.6 Å². The Balaban J connectivity index is 2.71. The quantitative estimate of drug-likeness (QED) is 0.0817. The molecule has 9 unspecified atom stereocenters. The maximum absolute atomic E-state index is 12.6. The van der Waals surface area contributed by atoms with Crippen LogP contribution >= 0.6 is 0 Å². The Hall–Kier alpha value is -1.15. The zero-order valence-electron chi connectivity index (χ0n) is 22.2. The molecule has 0 bridgehead atoms. The van der Waals surface area contributed by atoms with Crippen LogP contribution in [0.3, 0.4) is 0 Å². The van der Waals surface area contributed by atoms with Crippen LogP contribution < -0.4 is 5.32 Å². The summed E-state index contributed by atoms with van der Waals surface area (Å²) in [7, 11) is 0. The van der Waals surface area contributed by atoms with Gasteiger partial charge in [0.05, 0.1) is 25.4 Å². The summed E-state index contributed by atoms with van der Waals surface area (Å²) in [5, 5.41) is 73.3. The summed E-state index contributed by atoms with van der Waals surface area (Å²) >= 11 is 0. The second-order valence-corrected chi connectivity index (χ2v) is 9.76. The standard InChI is InChI=1S/C26H49NO10/c1-3-5-7-8-9-10-11-12-14-19(30)25(35)27-17(21(31)18(29)13-6-4-2)16-36-26-24(34)23(33)22(32)20(15-28)37-26/h10-11,17-24,26,28-34H,3-9,12-16H2,1-2H3,(H,27,35)/b11-10-. The fourth-order valence-electron chi connectivity index (χ4n) is 4.07. The van der Waals surface area contributed by atoms with Gasteiger partial charge in [-0.25, -0.2) is 0 Å². The molecular formula is C26H49NO10. The molecule has 0 aromatic rings. The molecular weight excluding hydrogens is 486 g/mol. The highest BCUT2D eigenvalue weighted by atomic mass is 16.7. The Morgan fingerprint density at radius 2 is 1.59 bits per heavy atom. The van der Waals surface area contributed by atoms with Crippen LogP contribution in [0.4, 0.5) is 0 Å². The van der Waals surface area contributed by atoms with Crippen LogP contribution in [0, 0.1) is 0 Å². The first kappa shape index (κ1) is 33.9. The number of hydrogen-bond acceptors (Lipinski definition) is 10. The fraction of sp³-hybridized carbons (Fsp3) is 0.885. The van der Waals surface area contributed by atoms with Crippen LogP contribution in [0.2, 0.25) is 0 Å². The molecule has 1 heterocycles. The van der Waals surface area contributed by atoms with Gasteiger partial charge in [0.15, 0.2) is 6.29 Å². The number of unbranched alkanes of at least 4 members (excludes halogenated alkanes) is 5. The zero-order chi connectivity index (χ0) is 27.8. The molecule has 1 saturated heterocycles. The van der Waals surface area contributed by atoms with Crippen molar-refractivity contribution in [2.45, 2.75) is 133 Å². The molecule has 1 aliphatic rings. The third kappa shape index (κ3) is 12.1. The lowest BCUT2D eigenvalue weighted by Crippen LogP contribution is -2.60. The van der Waals surface area contributed by atoms with Crippen LogP contribution in [0.5, 0.6) is 0 Å². The molecule has 8 N–H and O–H groups in total. The minimum atomic E-state index is -1.66. The Morgan fingerprint density at radius 1 is 0.919 bits per heavy atom. The number of allylic oxidation sites excluding steroid dienone is 2. The maximum atomic E-state index is 12.6. The van der Waals surface area contributed by atoms with Gasteiger partial charge >= 0.3 is 0 Å². The molecule has 0 saturated carbocycles. The van der Waals surface area contributed by atoms with E-state index >= 15 is 0 Å². The second-order valence-electron chi connectivity index (χ2n) is 9.76. The fourth-order valence-corrected chi connectivity index (χ4v) is 4.07. The Labute approximate surface area is 220 Å². The van der Waals surface area contributed by atoms with E-state index in [-0.39, 0.29) is 12.8 Å². The lowest BCUT2D eigenvalue weighted by Gasteiger charge is -2.40. The van der Waals surface area contributed by atoms with Crippen LogP contribution in [-0.2, 0) is 14.3 Å². The maximum Gasteiger partial charge on any atom is 0.249 e. The number of aliphatic hydroxyl groups excluding tert-OH is 7. The number of ether oxygens (including phenoxy) is 2. The molecule has 218 valence electrons. The highest BCUT2D eigenvalue weighted by Gasteiger charge is 2.44. The summed E-state index contributed by atoms with van der Waals surface area (Å²) < 4.78 is 10.8. The average molecular weight is 536 g/mol. The van der Waals surface area contributed by atoms with E-state index in [0.29, 0.717) is 12.8 Å². The third-order valence-corrected chi connectivity index (χ3v) is 6.58. The Kier molecular flexibility index (Phi) is 17.4. The van der Waals surface area contributed by atoms with E-state index < -0.39 is 74.2 Å². The van der Waals surface area contributed by atoms with Gasteiger partial charge in [-0.2, -0.15) is 0 Å². The molecule has 37 heavy (non-hydrogen) atoms. The van der Waals surface area contributed by atoms with E-state index in [1.807, 2.05) is 19.1 Å². The van der Waals surface area contributed by atoms with Crippen molar-refractivity contribution in [3.8, 4) is 0 Å². The van der Waals surface area contributed by atoms with E-state index in [1.165, 1.54) is 19.3 Å². The number of carbonyl (C=O) groups is 1. The molecule has 0 spiro atoms. The summed E-state index contributed by atoms with van der Waals surface area (Å²) in [5.41, 5.74) is 0. The van der Waals surface area contributed by atoms with Crippen LogP contribution in [0.1, 0.15) is 78.1 Å². The summed E-state index contributed by atoms with van der Waals surface area (Å²) in [6, 6.07) is -1.17. The molecule has 0 radical (unpaired) electrons. The Morgan fingerprint density at radius 3 is 2.24 bits per heavy atom. The van der Waals surface area contributed by atoms with Gasteiger partial charge in [-0.1, -0.05) is 58.1 Å².